The number of hydrogen-bond acceptors (Lipinski definition) is 2. The van der Waals surface area contributed by atoms with Crippen LogP contribution in [0.2, 0.25) is 5.02 Å². The van der Waals surface area contributed by atoms with Crippen molar-refractivity contribution in [1.82, 2.24) is 5.32 Å². The monoisotopic (exact) mass is 353 g/mol. The highest BCUT2D eigenvalue weighted by Crippen LogP contribution is 2.31. The normalized spacial score (nSPS) is 17.6. The van der Waals surface area contributed by atoms with Crippen LogP contribution < -0.4 is 5.32 Å². The lowest BCUT2D eigenvalue weighted by molar-refractivity contribution is 0.0932. The Kier molecular flexibility index (Phi) is 3.85. The molecule has 1 heterocycles. The minimum absolute atomic E-state index is 0.0000447. The van der Waals surface area contributed by atoms with Crippen LogP contribution in [0.3, 0.4) is 0 Å². The van der Waals surface area contributed by atoms with Gasteiger partial charge in [0.25, 0.3) is 5.91 Å². The maximum atomic E-state index is 12.4. The minimum atomic E-state index is -0.157. The van der Waals surface area contributed by atoms with Crippen molar-refractivity contribution in [2.75, 3.05) is 0 Å². The van der Waals surface area contributed by atoms with Crippen molar-refractivity contribution in [1.29, 1.82) is 0 Å². The van der Waals surface area contributed by atoms with Crippen LogP contribution in [0.25, 0.3) is 0 Å². The first-order chi connectivity index (χ1) is 9.66. The molecular weight excluding hydrogens is 342 g/mol. The van der Waals surface area contributed by atoms with Crippen molar-refractivity contribution in [2.45, 2.75) is 25.3 Å². The number of amides is 1. The topological polar surface area (TPSA) is 42.2 Å². The van der Waals surface area contributed by atoms with Crippen LogP contribution in [0.1, 0.15) is 40.6 Å². The Morgan fingerprint density at radius 2 is 2.25 bits per heavy atom. The van der Waals surface area contributed by atoms with Crippen LogP contribution >= 0.6 is 27.5 Å². The van der Waals surface area contributed by atoms with Crippen LogP contribution in [0.15, 0.2) is 39.4 Å². The van der Waals surface area contributed by atoms with E-state index in [0.717, 1.165) is 35.1 Å². The first-order valence-corrected chi connectivity index (χ1v) is 7.65. The van der Waals surface area contributed by atoms with Crippen molar-refractivity contribution in [3.63, 3.8) is 0 Å². The zero-order valence-corrected chi connectivity index (χ0v) is 13.0. The molecular formula is C15H13BrClNO2. The Morgan fingerprint density at radius 1 is 1.40 bits per heavy atom. The van der Waals surface area contributed by atoms with Gasteiger partial charge in [-0.15, -0.1) is 0 Å². The van der Waals surface area contributed by atoms with Crippen molar-refractivity contribution in [2.24, 2.45) is 0 Å². The molecule has 0 fully saturated rings. The summed E-state index contributed by atoms with van der Waals surface area (Å²) < 4.78 is 6.15. The minimum Gasteiger partial charge on any atom is -0.469 e. The lowest BCUT2D eigenvalue weighted by Crippen LogP contribution is -2.30. The van der Waals surface area contributed by atoms with Gasteiger partial charge < -0.3 is 9.73 Å². The molecule has 1 atom stereocenters. The average molecular weight is 355 g/mol. The largest absolute Gasteiger partial charge is 0.469 e. The van der Waals surface area contributed by atoms with Gasteiger partial charge in [0.1, 0.15) is 5.76 Å². The summed E-state index contributed by atoms with van der Waals surface area (Å²) in [5, 5.41) is 3.48. The van der Waals surface area contributed by atoms with Gasteiger partial charge in [-0.1, -0.05) is 17.7 Å². The number of carbonyl (C=O) groups is 1. The van der Waals surface area contributed by atoms with Crippen LogP contribution in [-0.2, 0) is 6.42 Å². The summed E-state index contributed by atoms with van der Waals surface area (Å²) in [7, 11) is 0. The number of furan rings is 1. The molecule has 1 aromatic carbocycles. The number of carbonyl (C=O) groups excluding carboxylic acids is 1. The lowest BCUT2D eigenvalue weighted by atomic mass is 9.93. The second-order valence-corrected chi connectivity index (χ2v) is 6.05. The summed E-state index contributed by atoms with van der Waals surface area (Å²) in [6.07, 6.45) is 4.55. The summed E-state index contributed by atoms with van der Waals surface area (Å²) in [5.74, 6) is 0.817. The van der Waals surface area contributed by atoms with Gasteiger partial charge in [-0.05, 0) is 47.0 Å². The molecule has 3 nitrogen and oxygen atoms in total. The van der Waals surface area contributed by atoms with Crippen molar-refractivity contribution in [3.05, 3.63) is 56.9 Å². The molecule has 3 rings (SSSR count). The van der Waals surface area contributed by atoms with Gasteiger partial charge in [0, 0.05) is 16.5 Å². The van der Waals surface area contributed by atoms with E-state index in [2.05, 4.69) is 21.2 Å². The van der Waals surface area contributed by atoms with Crippen molar-refractivity contribution >= 4 is 33.4 Å². The summed E-state index contributed by atoms with van der Waals surface area (Å²) in [6.45, 7) is 0. The van der Waals surface area contributed by atoms with E-state index in [0.29, 0.717) is 10.6 Å². The van der Waals surface area contributed by atoms with Gasteiger partial charge in [-0.25, -0.2) is 0 Å². The molecule has 104 valence electrons. The predicted molar refractivity (Wildman–Crippen MR) is 81.0 cm³/mol. The highest BCUT2D eigenvalue weighted by Gasteiger charge is 2.25. The van der Waals surface area contributed by atoms with E-state index in [4.69, 9.17) is 16.0 Å². The lowest BCUT2D eigenvalue weighted by Gasteiger charge is -2.23. The fourth-order valence-corrected chi connectivity index (χ4v) is 3.13. The molecule has 1 amide bonds. The molecule has 5 heteroatoms. The third-order valence-corrected chi connectivity index (χ3v) is 4.85. The molecule has 0 saturated heterocycles. The van der Waals surface area contributed by atoms with Crippen LogP contribution in [0, 0.1) is 0 Å². The first-order valence-electron chi connectivity index (χ1n) is 6.48. The maximum Gasteiger partial charge on any atom is 0.253 e. The second kappa shape index (κ2) is 5.62. The number of aryl methyl sites for hydroxylation is 1. The van der Waals surface area contributed by atoms with Crippen LogP contribution in [0.5, 0.6) is 0 Å². The van der Waals surface area contributed by atoms with Crippen molar-refractivity contribution in [3.8, 4) is 0 Å². The Labute approximate surface area is 130 Å². The highest BCUT2D eigenvalue weighted by molar-refractivity contribution is 9.10. The first kappa shape index (κ1) is 13.7. The van der Waals surface area contributed by atoms with Gasteiger partial charge in [-0.3, -0.25) is 4.79 Å². The van der Waals surface area contributed by atoms with Gasteiger partial charge in [-0.2, -0.15) is 0 Å². The SMILES string of the molecule is O=C(NC1CCCc2occc21)c1cccc(Br)c1Cl. The predicted octanol–water partition coefficient (Wildman–Crippen LogP) is 4.50. The van der Waals surface area contributed by atoms with Gasteiger partial charge in [0.05, 0.1) is 22.9 Å². The number of nitrogens with one attached hydrogen (secondary N) is 1. The van der Waals surface area contributed by atoms with E-state index < -0.39 is 0 Å². The summed E-state index contributed by atoms with van der Waals surface area (Å²) >= 11 is 9.49. The highest BCUT2D eigenvalue weighted by atomic mass is 79.9. The molecule has 0 bridgehead atoms. The van der Waals surface area contributed by atoms with E-state index >= 15 is 0 Å². The molecule has 2 aromatic rings. The second-order valence-electron chi connectivity index (χ2n) is 4.82. The van der Waals surface area contributed by atoms with Gasteiger partial charge in [0.15, 0.2) is 0 Å². The number of rotatable bonds is 2. The zero-order chi connectivity index (χ0) is 14.1. The number of hydrogen-bond donors (Lipinski definition) is 1. The van der Waals surface area contributed by atoms with E-state index in [1.54, 1.807) is 18.4 Å². The number of benzene rings is 1. The van der Waals surface area contributed by atoms with E-state index in [1.165, 1.54) is 0 Å². The fourth-order valence-electron chi connectivity index (χ4n) is 2.55. The molecule has 1 unspecified atom stereocenters. The van der Waals surface area contributed by atoms with Gasteiger partial charge in [0.2, 0.25) is 0 Å². The molecule has 1 N–H and O–H groups in total. The zero-order valence-electron chi connectivity index (χ0n) is 10.7. The smallest absolute Gasteiger partial charge is 0.253 e. The molecule has 0 radical (unpaired) electrons. The van der Waals surface area contributed by atoms with E-state index in [1.807, 2.05) is 12.1 Å². The Bertz CT molecular complexity index is 653. The number of halogens is 2. The molecule has 1 aliphatic rings. The Hall–Kier alpha value is -1.26. The molecule has 1 aromatic heterocycles. The van der Waals surface area contributed by atoms with Crippen molar-refractivity contribution < 1.29 is 9.21 Å². The van der Waals surface area contributed by atoms with Gasteiger partial charge >= 0.3 is 0 Å². The molecule has 0 spiro atoms. The van der Waals surface area contributed by atoms with Crippen LogP contribution in [0.4, 0.5) is 0 Å². The van der Waals surface area contributed by atoms with Crippen LogP contribution in [-0.4, -0.2) is 5.91 Å². The molecule has 20 heavy (non-hydrogen) atoms. The number of fused-ring (bicyclic) bond motifs is 1. The quantitative estimate of drug-likeness (QED) is 0.862. The third kappa shape index (κ3) is 2.50. The van der Waals surface area contributed by atoms with E-state index in [-0.39, 0.29) is 11.9 Å². The summed E-state index contributed by atoms with van der Waals surface area (Å²) in [4.78, 5) is 12.4. The molecule has 1 aliphatic carbocycles. The molecule has 0 saturated carbocycles. The molecule has 0 aliphatic heterocycles. The summed E-state index contributed by atoms with van der Waals surface area (Å²) in [6, 6.07) is 7.27. The summed E-state index contributed by atoms with van der Waals surface area (Å²) in [5.41, 5.74) is 1.56. The standard InChI is InChI=1S/C15H13BrClNO2/c16-11-4-1-3-10(14(11)17)15(19)18-12-5-2-6-13-9(12)7-8-20-13/h1,3-4,7-8,12H,2,5-6H2,(H,18,19). The Morgan fingerprint density at radius 3 is 3.10 bits per heavy atom. The average Bonchev–Trinajstić information content (AvgIpc) is 2.91. The third-order valence-electron chi connectivity index (χ3n) is 3.55. The Balaban J connectivity index is 1.83. The van der Waals surface area contributed by atoms with E-state index in [9.17, 15) is 4.79 Å². The maximum absolute atomic E-state index is 12.4. The fraction of sp³-hybridized carbons (Fsp3) is 0.267.